The van der Waals surface area contributed by atoms with Crippen molar-refractivity contribution in [1.82, 2.24) is 5.32 Å². The Morgan fingerprint density at radius 3 is 2.71 bits per heavy atom. The molecule has 4 heteroatoms. The molecule has 0 aliphatic rings. The Labute approximate surface area is 107 Å². The Balaban J connectivity index is 2.14. The zero-order valence-corrected chi connectivity index (χ0v) is 11.1. The first-order valence-electron chi connectivity index (χ1n) is 5.94. The minimum atomic E-state index is 0.100. The fraction of sp³-hybridized carbons (Fsp3) is 0.538. The molecule has 3 N–H and O–H groups in total. The average molecular weight is 255 g/mol. The highest BCUT2D eigenvalue weighted by Gasteiger charge is 2.01. The summed E-state index contributed by atoms with van der Waals surface area (Å²) in [6.07, 6.45) is 5.81. The summed E-state index contributed by atoms with van der Waals surface area (Å²) in [5, 5.41) is 22.0. The SMILES string of the molecule is CSCCCCCNCc1ccc(O)cc1O. The molecular formula is C13H21NO2S. The zero-order chi connectivity index (χ0) is 12.5. The van der Waals surface area contributed by atoms with Crippen LogP contribution in [0, 0.1) is 0 Å². The van der Waals surface area contributed by atoms with Crippen molar-refractivity contribution in [2.24, 2.45) is 0 Å². The maximum atomic E-state index is 9.56. The standard InChI is InChI=1S/C13H21NO2S/c1-17-8-4-2-3-7-14-10-11-5-6-12(15)9-13(11)16/h5-6,9,14-16H,2-4,7-8,10H2,1H3. The highest BCUT2D eigenvalue weighted by atomic mass is 32.2. The average Bonchev–Trinajstić information content (AvgIpc) is 2.30. The smallest absolute Gasteiger partial charge is 0.123 e. The normalized spacial score (nSPS) is 10.6. The van der Waals surface area contributed by atoms with Crippen molar-refractivity contribution in [2.45, 2.75) is 25.8 Å². The van der Waals surface area contributed by atoms with E-state index < -0.39 is 0 Å². The second-order valence-corrected chi connectivity index (χ2v) is 5.03. The first kappa shape index (κ1) is 14.2. The second kappa shape index (κ2) is 8.25. The molecule has 96 valence electrons. The molecule has 3 nitrogen and oxygen atoms in total. The van der Waals surface area contributed by atoms with Crippen LogP contribution in [0.15, 0.2) is 18.2 Å². The molecule has 0 saturated heterocycles. The lowest BCUT2D eigenvalue weighted by molar-refractivity contribution is 0.443. The number of benzene rings is 1. The third-order valence-corrected chi connectivity index (χ3v) is 3.28. The molecule has 0 heterocycles. The first-order chi connectivity index (χ1) is 8.24. The van der Waals surface area contributed by atoms with Gasteiger partial charge in [0.15, 0.2) is 0 Å². The number of thioether (sulfide) groups is 1. The molecule has 0 aliphatic carbocycles. The summed E-state index contributed by atoms with van der Waals surface area (Å²) in [4.78, 5) is 0. The molecule has 0 radical (unpaired) electrons. The third-order valence-electron chi connectivity index (χ3n) is 2.59. The van der Waals surface area contributed by atoms with E-state index in [0.29, 0.717) is 6.54 Å². The predicted octanol–water partition coefficient (Wildman–Crippen LogP) is 2.72. The molecule has 1 aromatic rings. The van der Waals surface area contributed by atoms with E-state index in [9.17, 15) is 5.11 Å². The monoisotopic (exact) mass is 255 g/mol. The summed E-state index contributed by atoms with van der Waals surface area (Å²) in [7, 11) is 0. The van der Waals surface area contributed by atoms with E-state index in [0.717, 1.165) is 12.1 Å². The minimum Gasteiger partial charge on any atom is -0.508 e. The zero-order valence-electron chi connectivity index (χ0n) is 10.3. The number of nitrogens with one attached hydrogen (secondary N) is 1. The summed E-state index contributed by atoms with van der Waals surface area (Å²) in [6.45, 7) is 1.61. The predicted molar refractivity (Wildman–Crippen MR) is 73.7 cm³/mol. The highest BCUT2D eigenvalue weighted by molar-refractivity contribution is 7.98. The molecule has 0 fully saturated rings. The Kier molecular flexibility index (Phi) is 6.89. The Bertz CT molecular complexity index is 331. The van der Waals surface area contributed by atoms with Gasteiger partial charge in [0.1, 0.15) is 11.5 Å². The molecule has 0 bridgehead atoms. The molecule has 0 aromatic heterocycles. The highest BCUT2D eigenvalue weighted by Crippen LogP contribution is 2.22. The maximum absolute atomic E-state index is 9.56. The quantitative estimate of drug-likeness (QED) is 0.625. The largest absolute Gasteiger partial charge is 0.508 e. The van der Waals surface area contributed by atoms with Crippen LogP contribution in [0.4, 0.5) is 0 Å². The second-order valence-electron chi connectivity index (χ2n) is 4.04. The van der Waals surface area contributed by atoms with Crippen LogP contribution in [0.3, 0.4) is 0 Å². The lowest BCUT2D eigenvalue weighted by atomic mass is 10.2. The van der Waals surface area contributed by atoms with Crippen molar-refractivity contribution in [3.8, 4) is 11.5 Å². The van der Waals surface area contributed by atoms with Gasteiger partial charge in [0.25, 0.3) is 0 Å². The van der Waals surface area contributed by atoms with Crippen molar-refractivity contribution >= 4 is 11.8 Å². The molecule has 0 aliphatic heterocycles. The Morgan fingerprint density at radius 1 is 1.18 bits per heavy atom. The van der Waals surface area contributed by atoms with Crippen LogP contribution in [0.25, 0.3) is 0 Å². The molecule has 0 spiro atoms. The molecule has 1 aromatic carbocycles. The van der Waals surface area contributed by atoms with E-state index in [1.165, 1.54) is 31.1 Å². The van der Waals surface area contributed by atoms with Gasteiger partial charge in [-0.2, -0.15) is 11.8 Å². The molecular weight excluding hydrogens is 234 g/mol. The molecule has 0 saturated carbocycles. The summed E-state index contributed by atoms with van der Waals surface area (Å²) >= 11 is 1.89. The summed E-state index contributed by atoms with van der Waals surface area (Å²) in [5.41, 5.74) is 0.826. The van der Waals surface area contributed by atoms with Crippen LogP contribution < -0.4 is 5.32 Å². The van der Waals surface area contributed by atoms with Crippen molar-refractivity contribution in [3.63, 3.8) is 0 Å². The topological polar surface area (TPSA) is 52.5 Å². The van der Waals surface area contributed by atoms with Gasteiger partial charge >= 0.3 is 0 Å². The van der Waals surface area contributed by atoms with E-state index in [-0.39, 0.29) is 11.5 Å². The van der Waals surface area contributed by atoms with E-state index in [1.54, 1.807) is 12.1 Å². The molecule has 1 rings (SSSR count). The number of hydrogen-bond acceptors (Lipinski definition) is 4. The molecule has 17 heavy (non-hydrogen) atoms. The molecule has 0 unspecified atom stereocenters. The van der Waals surface area contributed by atoms with Crippen LogP contribution >= 0.6 is 11.8 Å². The first-order valence-corrected chi connectivity index (χ1v) is 7.34. The Hall–Kier alpha value is -0.870. The molecule has 0 atom stereocenters. The van der Waals surface area contributed by atoms with E-state index >= 15 is 0 Å². The minimum absolute atomic E-state index is 0.100. The lowest BCUT2D eigenvalue weighted by Gasteiger charge is -2.07. The number of rotatable bonds is 8. The number of unbranched alkanes of at least 4 members (excludes halogenated alkanes) is 2. The summed E-state index contributed by atoms with van der Waals surface area (Å²) in [5.74, 6) is 1.49. The third kappa shape index (κ3) is 5.84. The van der Waals surface area contributed by atoms with Crippen LogP contribution in [0.1, 0.15) is 24.8 Å². The number of phenols is 2. The van der Waals surface area contributed by atoms with Crippen LogP contribution in [0.5, 0.6) is 11.5 Å². The van der Waals surface area contributed by atoms with Crippen LogP contribution in [-0.4, -0.2) is 28.8 Å². The van der Waals surface area contributed by atoms with E-state index in [4.69, 9.17) is 5.11 Å². The number of hydrogen-bond donors (Lipinski definition) is 3. The van der Waals surface area contributed by atoms with Crippen molar-refractivity contribution in [1.29, 1.82) is 0 Å². The fourth-order valence-electron chi connectivity index (χ4n) is 1.60. The van der Waals surface area contributed by atoms with Gasteiger partial charge in [-0.3, -0.25) is 0 Å². The number of phenolic OH excluding ortho intramolecular Hbond substituents is 2. The number of aromatic hydroxyl groups is 2. The van der Waals surface area contributed by atoms with Gasteiger partial charge in [0.2, 0.25) is 0 Å². The van der Waals surface area contributed by atoms with Gasteiger partial charge < -0.3 is 15.5 Å². The van der Waals surface area contributed by atoms with Gasteiger partial charge in [0.05, 0.1) is 0 Å². The fourth-order valence-corrected chi connectivity index (χ4v) is 2.09. The summed E-state index contributed by atoms with van der Waals surface area (Å²) < 4.78 is 0. The molecule has 0 amide bonds. The van der Waals surface area contributed by atoms with Crippen molar-refractivity contribution in [2.75, 3.05) is 18.6 Å². The van der Waals surface area contributed by atoms with Crippen molar-refractivity contribution < 1.29 is 10.2 Å². The van der Waals surface area contributed by atoms with Gasteiger partial charge in [-0.1, -0.05) is 12.5 Å². The van der Waals surface area contributed by atoms with Gasteiger partial charge in [-0.15, -0.1) is 0 Å². The van der Waals surface area contributed by atoms with Crippen molar-refractivity contribution in [3.05, 3.63) is 23.8 Å². The maximum Gasteiger partial charge on any atom is 0.123 e. The van der Waals surface area contributed by atoms with Gasteiger partial charge in [-0.05, 0) is 37.5 Å². The van der Waals surface area contributed by atoms with Gasteiger partial charge in [0, 0.05) is 18.2 Å². The van der Waals surface area contributed by atoms with Gasteiger partial charge in [-0.25, -0.2) is 0 Å². The summed E-state index contributed by atoms with van der Waals surface area (Å²) in [6, 6.07) is 4.70. The van der Waals surface area contributed by atoms with E-state index in [1.807, 2.05) is 11.8 Å². The van der Waals surface area contributed by atoms with Crippen LogP contribution in [-0.2, 0) is 6.54 Å². The van der Waals surface area contributed by atoms with E-state index in [2.05, 4.69) is 11.6 Å². The van der Waals surface area contributed by atoms with Crippen LogP contribution in [0.2, 0.25) is 0 Å². The lowest BCUT2D eigenvalue weighted by Crippen LogP contribution is -2.14. The Morgan fingerprint density at radius 2 is 2.00 bits per heavy atom.